The van der Waals surface area contributed by atoms with Crippen LogP contribution in [0.25, 0.3) is 0 Å². The molecule has 0 bridgehead atoms. The lowest BCUT2D eigenvalue weighted by Crippen LogP contribution is -2.19. The van der Waals surface area contributed by atoms with Crippen LogP contribution in [-0.4, -0.2) is 5.92 Å². The van der Waals surface area contributed by atoms with Gasteiger partial charge in [-0.25, -0.2) is 8.78 Å². The second kappa shape index (κ2) is 6.56. The van der Waals surface area contributed by atoms with Crippen molar-refractivity contribution in [2.45, 2.75) is 77.6 Å². The Morgan fingerprint density at radius 1 is 1.25 bits per heavy atom. The van der Waals surface area contributed by atoms with Gasteiger partial charge in [-0.15, -0.1) is 0 Å². The Balaban J connectivity index is 2.14. The van der Waals surface area contributed by atoms with Crippen LogP contribution in [0.4, 0.5) is 8.78 Å². The van der Waals surface area contributed by atoms with Gasteiger partial charge in [-0.05, 0) is 18.3 Å². The fraction of sp³-hybridized carbons (Fsp3) is 1.00. The second-order valence-corrected chi connectivity index (χ2v) is 5.62. The van der Waals surface area contributed by atoms with Crippen molar-refractivity contribution in [3.8, 4) is 0 Å². The van der Waals surface area contributed by atoms with Crippen molar-refractivity contribution in [3.05, 3.63) is 0 Å². The number of halogens is 2. The average Bonchev–Trinajstić information content (AvgIpc) is 2.69. The van der Waals surface area contributed by atoms with Crippen molar-refractivity contribution >= 4 is 0 Å². The van der Waals surface area contributed by atoms with Crippen molar-refractivity contribution in [2.24, 2.45) is 11.8 Å². The number of hydrogen-bond donors (Lipinski definition) is 0. The molecule has 0 spiro atoms. The van der Waals surface area contributed by atoms with E-state index < -0.39 is 5.92 Å². The Hall–Kier alpha value is -0.140. The summed E-state index contributed by atoms with van der Waals surface area (Å²) in [4.78, 5) is 0. The average molecular weight is 232 g/mol. The zero-order valence-electron chi connectivity index (χ0n) is 10.8. The minimum absolute atomic E-state index is 0.0775. The molecule has 1 aliphatic rings. The van der Waals surface area contributed by atoms with Crippen molar-refractivity contribution in [3.63, 3.8) is 0 Å². The van der Waals surface area contributed by atoms with Crippen LogP contribution in [0.1, 0.15) is 71.6 Å². The molecule has 0 nitrogen and oxygen atoms in total. The van der Waals surface area contributed by atoms with E-state index in [1.807, 2.05) is 13.8 Å². The van der Waals surface area contributed by atoms with E-state index in [1.54, 1.807) is 0 Å². The van der Waals surface area contributed by atoms with Gasteiger partial charge in [0.15, 0.2) is 0 Å². The van der Waals surface area contributed by atoms with Gasteiger partial charge in [-0.2, -0.15) is 0 Å². The molecule has 0 aromatic carbocycles. The summed E-state index contributed by atoms with van der Waals surface area (Å²) in [7, 11) is 0. The molecule has 0 amide bonds. The molecule has 1 unspecified atom stereocenters. The second-order valence-electron chi connectivity index (χ2n) is 5.62. The van der Waals surface area contributed by atoms with Gasteiger partial charge in [0, 0.05) is 12.8 Å². The van der Waals surface area contributed by atoms with Gasteiger partial charge in [-0.1, -0.05) is 52.4 Å². The van der Waals surface area contributed by atoms with Crippen molar-refractivity contribution < 1.29 is 8.78 Å². The van der Waals surface area contributed by atoms with Crippen LogP contribution in [-0.2, 0) is 0 Å². The standard InChI is InChI=1S/C14H26F2/c1-3-12(2)11-14(15,16)10-6-9-13-7-4-5-8-13/h12-13H,3-11H2,1-2H3. The number of alkyl halides is 2. The summed E-state index contributed by atoms with van der Waals surface area (Å²) in [5.74, 6) is -1.52. The summed E-state index contributed by atoms with van der Waals surface area (Å²) in [5, 5.41) is 0. The first-order chi connectivity index (χ1) is 7.53. The third kappa shape index (κ3) is 5.27. The molecule has 1 rings (SSSR count). The van der Waals surface area contributed by atoms with E-state index in [0.29, 0.717) is 6.42 Å². The molecule has 0 N–H and O–H groups in total. The van der Waals surface area contributed by atoms with Crippen LogP contribution in [0.3, 0.4) is 0 Å². The first kappa shape index (κ1) is 13.9. The zero-order valence-corrected chi connectivity index (χ0v) is 10.8. The van der Waals surface area contributed by atoms with Gasteiger partial charge in [-0.3, -0.25) is 0 Å². The molecule has 1 aliphatic carbocycles. The highest BCUT2D eigenvalue weighted by atomic mass is 19.3. The predicted molar refractivity (Wildman–Crippen MR) is 64.8 cm³/mol. The first-order valence-electron chi connectivity index (χ1n) is 6.91. The van der Waals surface area contributed by atoms with Crippen LogP contribution < -0.4 is 0 Å². The Morgan fingerprint density at radius 2 is 1.88 bits per heavy atom. The topological polar surface area (TPSA) is 0 Å². The largest absolute Gasteiger partial charge is 0.248 e. The fourth-order valence-electron chi connectivity index (χ4n) is 2.70. The van der Waals surface area contributed by atoms with Crippen LogP contribution in [0.5, 0.6) is 0 Å². The maximum absolute atomic E-state index is 13.5. The maximum atomic E-state index is 13.5. The first-order valence-corrected chi connectivity index (χ1v) is 6.91. The summed E-state index contributed by atoms with van der Waals surface area (Å²) < 4.78 is 27.1. The molecule has 0 aromatic heterocycles. The van der Waals surface area contributed by atoms with Gasteiger partial charge in [0.1, 0.15) is 0 Å². The van der Waals surface area contributed by atoms with E-state index in [9.17, 15) is 8.78 Å². The highest BCUT2D eigenvalue weighted by Crippen LogP contribution is 2.34. The van der Waals surface area contributed by atoms with Crippen molar-refractivity contribution in [2.75, 3.05) is 0 Å². The lowest BCUT2D eigenvalue weighted by atomic mass is 9.94. The maximum Gasteiger partial charge on any atom is 0.248 e. The molecule has 0 heterocycles. The molecule has 16 heavy (non-hydrogen) atoms. The van der Waals surface area contributed by atoms with E-state index in [0.717, 1.165) is 18.8 Å². The summed E-state index contributed by atoms with van der Waals surface area (Å²) in [6.45, 7) is 3.91. The molecular formula is C14H26F2. The summed E-state index contributed by atoms with van der Waals surface area (Å²) in [5.41, 5.74) is 0. The van der Waals surface area contributed by atoms with Gasteiger partial charge >= 0.3 is 0 Å². The molecule has 1 atom stereocenters. The third-order valence-corrected chi connectivity index (χ3v) is 3.97. The predicted octanol–water partition coefficient (Wildman–Crippen LogP) is 5.42. The number of hydrogen-bond acceptors (Lipinski definition) is 0. The van der Waals surface area contributed by atoms with Crippen LogP contribution in [0, 0.1) is 11.8 Å². The van der Waals surface area contributed by atoms with Crippen LogP contribution >= 0.6 is 0 Å². The van der Waals surface area contributed by atoms with Gasteiger partial charge < -0.3 is 0 Å². The van der Waals surface area contributed by atoms with E-state index in [-0.39, 0.29) is 18.8 Å². The molecule has 0 saturated heterocycles. The van der Waals surface area contributed by atoms with E-state index in [4.69, 9.17) is 0 Å². The Labute approximate surface area is 98.8 Å². The van der Waals surface area contributed by atoms with E-state index >= 15 is 0 Å². The highest BCUT2D eigenvalue weighted by molar-refractivity contribution is 4.72. The molecule has 2 heteroatoms. The third-order valence-electron chi connectivity index (χ3n) is 3.97. The number of rotatable bonds is 7. The van der Waals surface area contributed by atoms with Gasteiger partial charge in [0.25, 0.3) is 0 Å². The zero-order chi connectivity index (χ0) is 12.0. The van der Waals surface area contributed by atoms with Crippen LogP contribution in [0.15, 0.2) is 0 Å². The van der Waals surface area contributed by atoms with Crippen molar-refractivity contribution in [1.82, 2.24) is 0 Å². The quantitative estimate of drug-likeness (QED) is 0.550. The molecule has 0 aliphatic heterocycles. The lowest BCUT2D eigenvalue weighted by Gasteiger charge is -2.20. The van der Waals surface area contributed by atoms with Crippen LogP contribution in [0.2, 0.25) is 0 Å². The minimum atomic E-state index is -2.42. The summed E-state index contributed by atoms with van der Waals surface area (Å²) in [6.07, 6.45) is 7.96. The fourth-order valence-corrected chi connectivity index (χ4v) is 2.70. The lowest BCUT2D eigenvalue weighted by molar-refractivity contribution is -0.0320. The van der Waals surface area contributed by atoms with E-state index in [2.05, 4.69) is 0 Å². The normalized spacial score (nSPS) is 20.2. The van der Waals surface area contributed by atoms with Gasteiger partial charge in [0.05, 0.1) is 0 Å². The van der Waals surface area contributed by atoms with Gasteiger partial charge in [0.2, 0.25) is 5.92 Å². The molecule has 0 aromatic rings. The SMILES string of the molecule is CCC(C)CC(F)(F)CCCC1CCCC1. The molecule has 1 fully saturated rings. The highest BCUT2D eigenvalue weighted by Gasteiger charge is 2.30. The Kier molecular flexibility index (Phi) is 5.71. The Morgan fingerprint density at radius 3 is 2.44 bits per heavy atom. The molecular weight excluding hydrogens is 206 g/mol. The molecule has 1 saturated carbocycles. The summed E-state index contributed by atoms with van der Waals surface area (Å²) >= 11 is 0. The van der Waals surface area contributed by atoms with Crippen molar-refractivity contribution in [1.29, 1.82) is 0 Å². The molecule has 0 radical (unpaired) electrons. The summed E-state index contributed by atoms with van der Waals surface area (Å²) in [6, 6.07) is 0. The Bertz CT molecular complexity index is 183. The molecule has 96 valence electrons. The van der Waals surface area contributed by atoms with E-state index in [1.165, 1.54) is 25.7 Å². The monoisotopic (exact) mass is 232 g/mol. The minimum Gasteiger partial charge on any atom is -0.207 e. The smallest absolute Gasteiger partial charge is 0.207 e.